The van der Waals surface area contributed by atoms with Crippen LogP contribution in [0.3, 0.4) is 0 Å². The maximum atomic E-state index is 11.4. The number of ether oxygens (including phenoxy) is 3. The molecule has 1 amide bonds. The summed E-state index contributed by atoms with van der Waals surface area (Å²) >= 11 is 0. The Kier molecular flexibility index (Phi) is 5.68. The van der Waals surface area contributed by atoms with Gasteiger partial charge in [-0.15, -0.1) is 0 Å². The van der Waals surface area contributed by atoms with Crippen LogP contribution in [0.2, 0.25) is 0 Å². The second kappa shape index (κ2) is 6.80. The maximum Gasteiger partial charge on any atom is 0.246 e. The maximum absolute atomic E-state index is 11.4. The number of rotatable bonds is 7. The molecule has 1 fully saturated rings. The molecule has 0 bridgehead atoms. The molecule has 1 heterocycles. The first-order valence-corrected chi connectivity index (χ1v) is 5.40. The molecule has 1 rings (SSSR count). The number of nitrogens with two attached hydrogens (primary N) is 1. The highest BCUT2D eigenvalue weighted by Crippen LogP contribution is 2.21. The smallest absolute Gasteiger partial charge is 0.246 e. The molecule has 6 heteroatoms. The van der Waals surface area contributed by atoms with Gasteiger partial charge < -0.3 is 25.3 Å². The van der Waals surface area contributed by atoms with Crippen molar-refractivity contribution in [2.75, 3.05) is 46.6 Å². The van der Waals surface area contributed by atoms with Gasteiger partial charge in [-0.3, -0.25) is 4.79 Å². The number of carbonyl (C=O) groups excluding carboxylic acids is 1. The van der Waals surface area contributed by atoms with Crippen molar-refractivity contribution in [3.05, 3.63) is 0 Å². The minimum Gasteiger partial charge on any atom is -0.378 e. The van der Waals surface area contributed by atoms with E-state index in [4.69, 9.17) is 19.9 Å². The van der Waals surface area contributed by atoms with Crippen LogP contribution in [0.1, 0.15) is 6.42 Å². The van der Waals surface area contributed by atoms with Crippen LogP contribution in [0.5, 0.6) is 0 Å². The molecule has 1 aliphatic heterocycles. The lowest BCUT2D eigenvalue weighted by atomic mass is 10.0. The zero-order valence-electron chi connectivity index (χ0n) is 9.66. The summed E-state index contributed by atoms with van der Waals surface area (Å²) in [6, 6.07) is 0. The van der Waals surface area contributed by atoms with Crippen molar-refractivity contribution >= 4 is 5.91 Å². The summed E-state index contributed by atoms with van der Waals surface area (Å²) in [6.45, 7) is 2.50. The van der Waals surface area contributed by atoms with Gasteiger partial charge in [0.2, 0.25) is 5.91 Å². The molecule has 16 heavy (non-hydrogen) atoms. The fraction of sp³-hybridized carbons (Fsp3) is 0.900. The van der Waals surface area contributed by atoms with Crippen LogP contribution in [0.25, 0.3) is 0 Å². The zero-order valence-corrected chi connectivity index (χ0v) is 9.66. The van der Waals surface area contributed by atoms with Crippen LogP contribution in [-0.2, 0) is 19.0 Å². The Hall–Kier alpha value is -0.690. The van der Waals surface area contributed by atoms with Crippen molar-refractivity contribution in [1.29, 1.82) is 0 Å². The SMILES string of the molecule is COC1(CNC(=O)COCCN)CCOC1. The lowest BCUT2D eigenvalue weighted by Gasteiger charge is -2.25. The molecule has 1 saturated heterocycles. The molecule has 6 nitrogen and oxygen atoms in total. The van der Waals surface area contributed by atoms with Crippen molar-refractivity contribution in [3.8, 4) is 0 Å². The Balaban J connectivity index is 2.19. The number of methoxy groups -OCH3 is 1. The Bertz CT molecular complexity index is 217. The molecule has 3 N–H and O–H groups in total. The van der Waals surface area contributed by atoms with Gasteiger partial charge in [0, 0.05) is 33.2 Å². The highest BCUT2D eigenvalue weighted by molar-refractivity contribution is 5.77. The monoisotopic (exact) mass is 232 g/mol. The molecule has 0 saturated carbocycles. The Morgan fingerprint density at radius 2 is 2.44 bits per heavy atom. The third-order valence-corrected chi connectivity index (χ3v) is 2.60. The van der Waals surface area contributed by atoms with Crippen LogP contribution in [0, 0.1) is 0 Å². The van der Waals surface area contributed by atoms with Gasteiger partial charge in [0.15, 0.2) is 0 Å². The van der Waals surface area contributed by atoms with Crippen molar-refractivity contribution in [3.63, 3.8) is 0 Å². The van der Waals surface area contributed by atoms with Crippen LogP contribution < -0.4 is 11.1 Å². The first-order valence-electron chi connectivity index (χ1n) is 5.40. The van der Waals surface area contributed by atoms with E-state index in [-0.39, 0.29) is 18.1 Å². The van der Waals surface area contributed by atoms with E-state index >= 15 is 0 Å². The van der Waals surface area contributed by atoms with Crippen LogP contribution in [-0.4, -0.2) is 58.1 Å². The predicted molar refractivity (Wildman–Crippen MR) is 58.1 cm³/mol. The van der Waals surface area contributed by atoms with Crippen molar-refractivity contribution in [1.82, 2.24) is 5.32 Å². The second-order valence-corrected chi connectivity index (χ2v) is 3.81. The number of carbonyl (C=O) groups is 1. The quantitative estimate of drug-likeness (QED) is 0.543. The van der Waals surface area contributed by atoms with Gasteiger partial charge in [-0.25, -0.2) is 0 Å². The molecular weight excluding hydrogens is 212 g/mol. The number of hydrogen-bond donors (Lipinski definition) is 2. The van der Waals surface area contributed by atoms with Crippen LogP contribution in [0.4, 0.5) is 0 Å². The first-order chi connectivity index (χ1) is 7.72. The van der Waals surface area contributed by atoms with Crippen molar-refractivity contribution in [2.24, 2.45) is 5.73 Å². The van der Waals surface area contributed by atoms with E-state index in [9.17, 15) is 4.79 Å². The van der Waals surface area contributed by atoms with Gasteiger partial charge in [0.05, 0.1) is 13.2 Å². The van der Waals surface area contributed by atoms with E-state index in [0.29, 0.717) is 32.9 Å². The highest BCUT2D eigenvalue weighted by Gasteiger charge is 2.35. The fourth-order valence-corrected chi connectivity index (χ4v) is 1.52. The standard InChI is InChI=1S/C10H20N2O4/c1-14-10(2-4-16-8-10)7-12-9(13)6-15-5-3-11/h2-8,11H2,1H3,(H,12,13). The summed E-state index contributed by atoms with van der Waals surface area (Å²) in [4.78, 5) is 11.4. The second-order valence-electron chi connectivity index (χ2n) is 3.81. The van der Waals surface area contributed by atoms with Crippen LogP contribution in [0.15, 0.2) is 0 Å². The van der Waals surface area contributed by atoms with Crippen LogP contribution >= 0.6 is 0 Å². The van der Waals surface area contributed by atoms with Gasteiger partial charge in [-0.05, 0) is 0 Å². The van der Waals surface area contributed by atoms with Crippen molar-refractivity contribution < 1.29 is 19.0 Å². The lowest BCUT2D eigenvalue weighted by molar-refractivity contribution is -0.127. The molecule has 0 aromatic rings. The van der Waals surface area contributed by atoms with E-state index < -0.39 is 0 Å². The Morgan fingerprint density at radius 1 is 1.62 bits per heavy atom. The summed E-state index contributed by atoms with van der Waals surface area (Å²) in [7, 11) is 1.63. The summed E-state index contributed by atoms with van der Waals surface area (Å²) in [5, 5.41) is 2.77. The number of hydrogen-bond acceptors (Lipinski definition) is 5. The number of amides is 1. The Morgan fingerprint density at radius 3 is 3.00 bits per heavy atom. The van der Waals surface area contributed by atoms with E-state index in [1.807, 2.05) is 0 Å². The van der Waals surface area contributed by atoms with E-state index in [1.54, 1.807) is 7.11 Å². The molecule has 0 spiro atoms. The van der Waals surface area contributed by atoms with Crippen molar-refractivity contribution in [2.45, 2.75) is 12.0 Å². The number of nitrogens with one attached hydrogen (secondary N) is 1. The van der Waals surface area contributed by atoms with Gasteiger partial charge in [0.1, 0.15) is 12.2 Å². The molecule has 1 aliphatic rings. The average molecular weight is 232 g/mol. The normalized spacial score (nSPS) is 24.6. The third-order valence-electron chi connectivity index (χ3n) is 2.60. The highest BCUT2D eigenvalue weighted by atomic mass is 16.5. The zero-order chi connectivity index (χ0) is 11.9. The molecule has 1 unspecified atom stereocenters. The summed E-state index contributed by atoms with van der Waals surface area (Å²) in [5.74, 6) is -0.156. The lowest BCUT2D eigenvalue weighted by Crippen LogP contribution is -2.45. The largest absolute Gasteiger partial charge is 0.378 e. The molecule has 94 valence electrons. The van der Waals surface area contributed by atoms with Gasteiger partial charge in [0.25, 0.3) is 0 Å². The average Bonchev–Trinajstić information content (AvgIpc) is 2.76. The third kappa shape index (κ3) is 4.05. The summed E-state index contributed by atoms with van der Waals surface area (Å²) in [6.07, 6.45) is 0.799. The molecule has 0 aromatic carbocycles. The molecule has 0 aromatic heterocycles. The molecule has 0 aliphatic carbocycles. The molecule has 0 radical (unpaired) electrons. The fourth-order valence-electron chi connectivity index (χ4n) is 1.52. The topological polar surface area (TPSA) is 82.8 Å². The van der Waals surface area contributed by atoms with Gasteiger partial charge in [-0.1, -0.05) is 0 Å². The minimum absolute atomic E-state index is 0.0395. The summed E-state index contributed by atoms with van der Waals surface area (Å²) in [5.41, 5.74) is 4.87. The molecular formula is C10H20N2O4. The summed E-state index contributed by atoms with van der Waals surface area (Å²) < 4.78 is 15.6. The van der Waals surface area contributed by atoms with E-state index in [2.05, 4.69) is 5.32 Å². The minimum atomic E-state index is -0.372. The first kappa shape index (κ1) is 13.4. The van der Waals surface area contributed by atoms with E-state index in [0.717, 1.165) is 6.42 Å². The van der Waals surface area contributed by atoms with E-state index in [1.165, 1.54) is 0 Å². The molecule has 1 atom stereocenters. The predicted octanol–water partition coefficient (Wildman–Crippen LogP) is -1.12. The van der Waals surface area contributed by atoms with Gasteiger partial charge in [-0.2, -0.15) is 0 Å². The Labute approximate surface area is 95.4 Å². The van der Waals surface area contributed by atoms with Gasteiger partial charge >= 0.3 is 0 Å².